The third kappa shape index (κ3) is 10.1. The first-order chi connectivity index (χ1) is 21.9. The molecule has 2 aromatic rings. The molecular formula is C45H70. The molecular weight excluding hydrogens is 540 g/mol. The van der Waals surface area contributed by atoms with E-state index in [1.54, 1.807) is 5.56 Å². The van der Waals surface area contributed by atoms with Crippen LogP contribution in [0.5, 0.6) is 0 Å². The zero-order valence-corrected chi connectivity index (χ0v) is 30.5. The van der Waals surface area contributed by atoms with Gasteiger partial charge < -0.3 is 0 Å². The molecule has 0 nitrogen and oxygen atoms in total. The van der Waals surface area contributed by atoms with Crippen molar-refractivity contribution in [1.82, 2.24) is 0 Å². The maximum Gasteiger partial charge on any atom is -0.0128 e. The van der Waals surface area contributed by atoms with E-state index in [0.29, 0.717) is 5.92 Å². The first-order valence-electron chi connectivity index (χ1n) is 19.8. The van der Waals surface area contributed by atoms with E-state index in [1.165, 1.54) is 143 Å². The van der Waals surface area contributed by atoms with Gasteiger partial charge in [0.25, 0.3) is 0 Å². The molecule has 2 saturated carbocycles. The van der Waals surface area contributed by atoms with Crippen LogP contribution in [0, 0.1) is 42.4 Å². The lowest BCUT2D eigenvalue weighted by Gasteiger charge is -2.29. The Balaban J connectivity index is 1.53. The van der Waals surface area contributed by atoms with Crippen molar-refractivity contribution in [2.24, 2.45) is 35.5 Å². The predicted octanol–water partition coefficient (Wildman–Crippen LogP) is 14.4. The number of benzene rings is 2. The van der Waals surface area contributed by atoms with Gasteiger partial charge >= 0.3 is 0 Å². The van der Waals surface area contributed by atoms with Gasteiger partial charge in [0.1, 0.15) is 0 Å². The van der Waals surface area contributed by atoms with E-state index in [1.807, 2.05) is 0 Å². The van der Waals surface area contributed by atoms with Crippen molar-refractivity contribution in [2.45, 2.75) is 163 Å². The summed E-state index contributed by atoms with van der Waals surface area (Å²) in [4.78, 5) is 0. The molecule has 45 heavy (non-hydrogen) atoms. The van der Waals surface area contributed by atoms with Crippen LogP contribution >= 0.6 is 0 Å². The number of hydrogen-bond donors (Lipinski definition) is 0. The number of hydrogen-bond acceptors (Lipinski definition) is 0. The molecule has 0 heterocycles. The highest BCUT2D eigenvalue weighted by Crippen LogP contribution is 2.58. The monoisotopic (exact) mass is 611 g/mol. The van der Waals surface area contributed by atoms with Crippen LogP contribution < -0.4 is 0 Å². The second-order valence-corrected chi connectivity index (χ2v) is 15.8. The highest BCUT2D eigenvalue weighted by molar-refractivity contribution is 5.70. The molecule has 5 unspecified atom stereocenters. The van der Waals surface area contributed by atoms with Crippen LogP contribution in [0.15, 0.2) is 43.0 Å². The van der Waals surface area contributed by atoms with Gasteiger partial charge in [-0.15, -0.1) is 0 Å². The van der Waals surface area contributed by atoms with Crippen molar-refractivity contribution < 1.29 is 0 Å². The summed E-state index contributed by atoms with van der Waals surface area (Å²) in [6, 6.07) is 14.7. The fraction of sp³-hybridized carbons (Fsp3) is 0.689. The third-order valence-corrected chi connectivity index (χ3v) is 12.2. The van der Waals surface area contributed by atoms with Crippen LogP contribution in [-0.4, -0.2) is 0 Å². The Morgan fingerprint density at radius 3 is 1.89 bits per heavy atom. The normalized spacial score (nSPS) is 23.2. The van der Waals surface area contributed by atoms with Crippen LogP contribution in [0.2, 0.25) is 0 Å². The first kappa shape index (κ1) is 36.0. The number of rotatable bonds is 14. The van der Waals surface area contributed by atoms with Crippen molar-refractivity contribution in [3.8, 4) is 11.1 Å². The van der Waals surface area contributed by atoms with E-state index in [-0.39, 0.29) is 0 Å². The molecule has 2 aromatic carbocycles. The lowest BCUT2D eigenvalue weighted by Crippen LogP contribution is -2.15. The second kappa shape index (κ2) is 18.5. The van der Waals surface area contributed by atoms with Crippen LogP contribution in [0.1, 0.15) is 172 Å². The fourth-order valence-corrected chi connectivity index (χ4v) is 9.38. The molecule has 0 radical (unpaired) electrons. The van der Waals surface area contributed by atoms with E-state index in [2.05, 4.69) is 90.6 Å². The van der Waals surface area contributed by atoms with Crippen LogP contribution in [0.25, 0.3) is 17.2 Å². The average Bonchev–Trinajstić information content (AvgIpc) is 3.73. The van der Waals surface area contributed by atoms with E-state index in [0.717, 1.165) is 35.5 Å². The summed E-state index contributed by atoms with van der Waals surface area (Å²) in [6.45, 7) is 18.6. The molecule has 4 rings (SSSR count). The average molecular weight is 611 g/mol. The zero-order valence-electron chi connectivity index (χ0n) is 30.5. The summed E-state index contributed by atoms with van der Waals surface area (Å²) in [5, 5.41) is 0. The molecule has 5 atom stereocenters. The van der Waals surface area contributed by atoms with Crippen molar-refractivity contribution in [1.29, 1.82) is 0 Å². The predicted molar refractivity (Wildman–Crippen MR) is 201 cm³/mol. The van der Waals surface area contributed by atoms with Gasteiger partial charge in [-0.1, -0.05) is 167 Å². The Morgan fingerprint density at radius 2 is 1.33 bits per heavy atom. The number of fused-ring (bicyclic) bond motifs is 1. The Labute approximate surface area is 280 Å². The minimum Gasteiger partial charge on any atom is -0.0985 e. The molecule has 0 spiro atoms. The van der Waals surface area contributed by atoms with E-state index < -0.39 is 0 Å². The van der Waals surface area contributed by atoms with E-state index in [9.17, 15) is 0 Å². The van der Waals surface area contributed by atoms with Crippen molar-refractivity contribution in [3.05, 3.63) is 65.2 Å². The minimum absolute atomic E-state index is 0.626. The van der Waals surface area contributed by atoms with Gasteiger partial charge in [-0.25, -0.2) is 0 Å². The van der Waals surface area contributed by atoms with Crippen LogP contribution in [0.4, 0.5) is 0 Å². The summed E-state index contributed by atoms with van der Waals surface area (Å²) in [5.41, 5.74) is 8.70. The maximum absolute atomic E-state index is 4.32. The van der Waals surface area contributed by atoms with Crippen LogP contribution in [-0.2, 0) is 6.42 Å². The van der Waals surface area contributed by atoms with Gasteiger partial charge in [0.15, 0.2) is 0 Å². The third-order valence-electron chi connectivity index (χ3n) is 12.2. The van der Waals surface area contributed by atoms with Crippen molar-refractivity contribution in [2.75, 3.05) is 0 Å². The first-order valence-corrected chi connectivity index (χ1v) is 19.8. The van der Waals surface area contributed by atoms with E-state index >= 15 is 0 Å². The molecule has 2 aliphatic rings. The Morgan fingerprint density at radius 1 is 0.733 bits per heavy atom. The standard InChI is InChI=1S/C45H70/c1-8-21-35(9-2)41(28-24-33(5)6)42-29-27-39(30-36(42)10-3)38-26-25-34(7)40(32-38)31-37(11-4)45-43-22-19-17-15-13-12-14-16-18-20-23-44(43)45/h10,25-27,29-30,32-33,35,37,41,43-45H,3,8-9,11-24,28,31H2,1-2,4-7H3. The summed E-state index contributed by atoms with van der Waals surface area (Å²) in [6.07, 6.45) is 27.4. The highest BCUT2D eigenvalue weighted by Gasteiger charge is 2.51. The summed E-state index contributed by atoms with van der Waals surface area (Å²) in [7, 11) is 0. The van der Waals surface area contributed by atoms with Gasteiger partial charge in [0.2, 0.25) is 0 Å². The van der Waals surface area contributed by atoms with Gasteiger partial charge in [0, 0.05) is 0 Å². The Hall–Kier alpha value is -1.82. The molecule has 0 aromatic heterocycles. The molecule has 2 aliphatic carbocycles. The largest absolute Gasteiger partial charge is 0.0985 e. The van der Waals surface area contributed by atoms with Crippen molar-refractivity contribution >= 4 is 6.08 Å². The Bertz CT molecular complexity index is 1130. The lowest BCUT2D eigenvalue weighted by molar-refractivity contribution is 0.342. The van der Waals surface area contributed by atoms with Gasteiger partial charge in [0.05, 0.1) is 0 Å². The Kier molecular flexibility index (Phi) is 14.8. The summed E-state index contributed by atoms with van der Waals surface area (Å²) >= 11 is 0. The topological polar surface area (TPSA) is 0 Å². The molecule has 0 bridgehead atoms. The molecule has 0 saturated heterocycles. The smallest absolute Gasteiger partial charge is 0.0128 e. The minimum atomic E-state index is 0.626. The highest BCUT2D eigenvalue weighted by atomic mass is 14.6. The summed E-state index contributed by atoms with van der Waals surface area (Å²) < 4.78 is 0. The molecule has 0 heteroatoms. The van der Waals surface area contributed by atoms with E-state index in [4.69, 9.17) is 0 Å². The number of aryl methyl sites for hydroxylation is 1. The quantitative estimate of drug-likeness (QED) is 0.200. The molecule has 2 fully saturated rings. The lowest BCUT2D eigenvalue weighted by atomic mass is 9.76. The second-order valence-electron chi connectivity index (χ2n) is 15.8. The molecule has 0 aliphatic heterocycles. The van der Waals surface area contributed by atoms with Gasteiger partial charge in [-0.2, -0.15) is 0 Å². The fourth-order valence-electron chi connectivity index (χ4n) is 9.38. The van der Waals surface area contributed by atoms with Gasteiger partial charge in [-0.3, -0.25) is 0 Å². The summed E-state index contributed by atoms with van der Waals surface area (Å²) in [5.74, 6) is 5.93. The molecule has 250 valence electrons. The van der Waals surface area contributed by atoms with Crippen molar-refractivity contribution in [3.63, 3.8) is 0 Å². The SMILES string of the molecule is C=Cc1cc(-c2ccc(C)c(CC(CC)C3C4CCCCCCCCCCCC43)c2)ccc1C(CCC(C)C)C(CC)CCC. The maximum atomic E-state index is 4.32. The molecule has 0 amide bonds. The van der Waals surface area contributed by atoms with Gasteiger partial charge in [-0.05, 0) is 113 Å². The molecule has 0 N–H and O–H groups in total. The van der Waals surface area contributed by atoms with Crippen LogP contribution in [0.3, 0.4) is 0 Å². The zero-order chi connectivity index (χ0) is 32.2.